The molecule has 166 valence electrons. The first-order chi connectivity index (χ1) is 15.3. The van der Waals surface area contributed by atoms with E-state index in [4.69, 9.17) is 21.1 Å². The molecule has 3 aromatic rings. The number of aryl methyl sites for hydroxylation is 2. The molecule has 1 aliphatic heterocycles. The first kappa shape index (κ1) is 22.0. The molecule has 2 heterocycles. The number of carbonyl (C=O) groups is 1. The van der Waals surface area contributed by atoms with Crippen molar-refractivity contribution in [1.82, 2.24) is 4.57 Å². The molecule has 0 fully saturated rings. The Labute approximate surface area is 191 Å². The molecule has 1 aliphatic rings. The number of carboxylic acid groups (broad SMARTS) is 1. The SMILES string of the molecule is Cc1c(OCc2ccc(OC(C)C)c(C#N)c2)ccc2c1c(Cl)c1n2CCC1CC(=O)O. The second kappa shape index (κ2) is 8.76. The van der Waals surface area contributed by atoms with E-state index in [0.29, 0.717) is 28.7 Å². The Balaban J connectivity index is 1.60. The van der Waals surface area contributed by atoms with Crippen LogP contribution in [-0.2, 0) is 17.9 Å². The molecule has 1 atom stereocenters. The van der Waals surface area contributed by atoms with Gasteiger partial charge in [-0.3, -0.25) is 4.79 Å². The van der Waals surface area contributed by atoms with E-state index < -0.39 is 5.97 Å². The normalized spacial score (nSPS) is 15.1. The van der Waals surface area contributed by atoms with Crippen molar-refractivity contribution in [3.63, 3.8) is 0 Å². The lowest BCUT2D eigenvalue weighted by Gasteiger charge is -2.14. The number of nitrogens with zero attached hydrogens (tertiary/aromatic N) is 2. The second-order valence-electron chi connectivity index (χ2n) is 8.41. The summed E-state index contributed by atoms with van der Waals surface area (Å²) in [5.41, 5.74) is 4.17. The summed E-state index contributed by atoms with van der Waals surface area (Å²) < 4.78 is 13.9. The van der Waals surface area contributed by atoms with Crippen molar-refractivity contribution in [1.29, 1.82) is 5.26 Å². The van der Waals surface area contributed by atoms with E-state index in [-0.39, 0.29) is 18.4 Å². The molecule has 1 N–H and O–H groups in total. The van der Waals surface area contributed by atoms with Gasteiger partial charge in [0.05, 0.1) is 28.6 Å². The number of carboxylic acids is 1. The van der Waals surface area contributed by atoms with Crippen molar-refractivity contribution < 1.29 is 19.4 Å². The number of hydrogen-bond acceptors (Lipinski definition) is 4. The topological polar surface area (TPSA) is 84.5 Å². The lowest BCUT2D eigenvalue weighted by molar-refractivity contribution is -0.137. The summed E-state index contributed by atoms with van der Waals surface area (Å²) in [6, 6.07) is 11.6. The highest BCUT2D eigenvalue weighted by molar-refractivity contribution is 6.37. The molecular formula is C25H25ClN2O4. The quantitative estimate of drug-likeness (QED) is 0.489. The van der Waals surface area contributed by atoms with Crippen molar-refractivity contribution >= 4 is 28.5 Å². The molecule has 6 nitrogen and oxygen atoms in total. The fraction of sp³-hybridized carbons (Fsp3) is 0.360. The van der Waals surface area contributed by atoms with Crippen molar-refractivity contribution in [2.24, 2.45) is 0 Å². The minimum Gasteiger partial charge on any atom is -0.490 e. The van der Waals surface area contributed by atoms with E-state index in [9.17, 15) is 15.2 Å². The van der Waals surface area contributed by atoms with Gasteiger partial charge in [0.2, 0.25) is 0 Å². The third-order valence-electron chi connectivity index (χ3n) is 5.85. The molecule has 32 heavy (non-hydrogen) atoms. The average Bonchev–Trinajstić information content (AvgIpc) is 3.27. The maximum atomic E-state index is 11.3. The number of rotatable bonds is 7. The summed E-state index contributed by atoms with van der Waals surface area (Å²) >= 11 is 6.75. The standard InChI is InChI=1S/C25H25ClN2O4/c1-14(2)32-21-6-4-16(10-18(21)12-27)13-31-20-7-5-19-23(15(20)3)24(26)25-17(11-22(29)30)8-9-28(19)25/h4-7,10,14,17H,8-9,11,13H2,1-3H3,(H,29,30). The first-order valence-electron chi connectivity index (χ1n) is 10.7. The van der Waals surface area contributed by atoms with Gasteiger partial charge >= 0.3 is 5.97 Å². The Hall–Kier alpha value is -3.17. The molecule has 1 aromatic heterocycles. The predicted octanol–water partition coefficient (Wildman–Crippen LogP) is 5.80. The zero-order valence-electron chi connectivity index (χ0n) is 18.3. The van der Waals surface area contributed by atoms with Gasteiger partial charge in [-0.05, 0) is 57.0 Å². The van der Waals surface area contributed by atoms with Crippen molar-refractivity contribution in [2.75, 3.05) is 0 Å². The Morgan fingerprint density at radius 2 is 2.06 bits per heavy atom. The molecule has 2 aromatic carbocycles. The van der Waals surface area contributed by atoms with Crippen LogP contribution >= 0.6 is 11.6 Å². The van der Waals surface area contributed by atoms with Gasteiger partial charge < -0.3 is 19.1 Å². The zero-order valence-corrected chi connectivity index (χ0v) is 19.1. The molecule has 7 heteroatoms. The highest BCUT2D eigenvalue weighted by atomic mass is 35.5. The van der Waals surface area contributed by atoms with Gasteiger partial charge in [-0.15, -0.1) is 0 Å². The zero-order chi connectivity index (χ0) is 23.0. The third kappa shape index (κ3) is 4.01. The largest absolute Gasteiger partial charge is 0.490 e. The van der Waals surface area contributed by atoms with Crippen molar-refractivity contribution in [3.8, 4) is 17.6 Å². The number of benzene rings is 2. The highest BCUT2D eigenvalue weighted by Gasteiger charge is 2.31. The summed E-state index contributed by atoms with van der Waals surface area (Å²) in [7, 11) is 0. The van der Waals surface area contributed by atoms with E-state index in [1.54, 1.807) is 12.1 Å². The van der Waals surface area contributed by atoms with Crippen LogP contribution in [0.15, 0.2) is 30.3 Å². The van der Waals surface area contributed by atoms with Gasteiger partial charge in [-0.1, -0.05) is 17.7 Å². The third-order valence-corrected chi connectivity index (χ3v) is 6.23. The summed E-state index contributed by atoms with van der Waals surface area (Å²) in [6.07, 6.45) is 0.852. The van der Waals surface area contributed by atoms with Crippen molar-refractivity contribution in [3.05, 3.63) is 57.7 Å². The van der Waals surface area contributed by atoms with Gasteiger partial charge in [0.1, 0.15) is 24.2 Å². The maximum absolute atomic E-state index is 11.3. The Morgan fingerprint density at radius 3 is 2.75 bits per heavy atom. The highest BCUT2D eigenvalue weighted by Crippen LogP contribution is 2.45. The molecule has 0 aliphatic carbocycles. The number of aromatic nitrogens is 1. The van der Waals surface area contributed by atoms with E-state index >= 15 is 0 Å². The van der Waals surface area contributed by atoms with Gasteiger partial charge in [-0.25, -0.2) is 0 Å². The van der Waals surface area contributed by atoms with E-state index in [0.717, 1.165) is 40.7 Å². The number of ether oxygens (including phenoxy) is 2. The van der Waals surface area contributed by atoms with Gasteiger partial charge in [-0.2, -0.15) is 5.26 Å². The van der Waals surface area contributed by atoms with Crippen LogP contribution in [-0.4, -0.2) is 21.7 Å². The van der Waals surface area contributed by atoms with Gasteiger partial charge in [0.25, 0.3) is 0 Å². The van der Waals surface area contributed by atoms with Crippen LogP contribution in [0.25, 0.3) is 10.9 Å². The molecule has 0 bridgehead atoms. The lowest BCUT2D eigenvalue weighted by atomic mass is 9.99. The number of halogens is 1. The number of fused-ring (bicyclic) bond motifs is 3. The van der Waals surface area contributed by atoms with Crippen LogP contribution in [0.2, 0.25) is 5.02 Å². The lowest BCUT2D eigenvalue weighted by Crippen LogP contribution is -2.07. The molecule has 0 spiro atoms. The molecule has 0 saturated carbocycles. The van der Waals surface area contributed by atoms with E-state index in [1.165, 1.54) is 0 Å². The Kier molecular flexibility index (Phi) is 6.03. The van der Waals surface area contributed by atoms with Crippen LogP contribution in [0.1, 0.15) is 55.0 Å². The number of nitriles is 1. The maximum Gasteiger partial charge on any atom is 0.304 e. The second-order valence-corrected chi connectivity index (χ2v) is 8.79. The Bertz CT molecular complexity index is 1240. The summed E-state index contributed by atoms with van der Waals surface area (Å²) in [6.45, 7) is 6.87. The monoisotopic (exact) mass is 452 g/mol. The van der Waals surface area contributed by atoms with E-state index in [2.05, 4.69) is 10.6 Å². The summed E-state index contributed by atoms with van der Waals surface area (Å²) in [5, 5.41) is 20.2. The molecule has 0 amide bonds. The molecule has 0 saturated heterocycles. The van der Waals surface area contributed by atoms with Gasteiger partial charge in [0.15, 0.2) is 0 Å². The van der Waals surface area contributed by atoms with E-state index in [1.807, 2.05) is 39.0 Å². The Morgan fingerprint density at radius 1 is 1.31 bits per heavy atom. The van der Waals surface area contributed by atoms with Crippen LogP contribution in [0, 0.1) is 18.3 Å². The van der Waals surface area contributed by atoms with Crippen LogP contribution in [0.5, 0.6) is 11.5 Å². The fourth-order valence-electron chi connectivity index (χ4n) is 4.46. The van der Waals surface area contributed by atoms with Crippen LogP contribution in [0.3, 0.4) is 0 Å². The minimum atomic E-state index is -0.813. The molecule has 0 radical (unpaired) electrons. The van der Waals surface area contributed by atoms with Crippen LogP contribution in [0.4, 0.5) is 0 Å². The first-order valence-corrected chi connectivity index (χ1v) is 11.0. The molecular weight excluding hydrogens is 428 g/mol. The number of hydrogen-bond donors (Lipinski definition) is 1. The molecule has 4 rings (SSSR count). The minimum absolute atomic E-state index is 0.0116. The predicted molar refractivity (Wildman–Crippen MR) is 123 cm³/mol. The van der Waals surface area contributed by atoms with Gasteiger partial charge in [0, 0.05) is 29.1 Å². The van der Waals surface area contributed by atoms with Crippen molar-refractivity contribution in [2.45, 2.75) is 58.8 Å². The smallest absolute Gasteiger partial charge is 0.304 e. The molecule has 1 unspecified atom stereocenters. The summed E-state index contributed by atoms with van der Waals surface area (Å²) in [5.74, 6) is 0.383. The summed E-state index contributed by atoms with van der Waals surface area (Å²) in [4.78, 5) is 11.3. The number of aliphatic carboxylic acids is 1. The van der Waals surface area contributed by atoms with Crippen LogP contribution < -0.4 is 9.47 Å². The fourth-order valence-corrected chi connectivity index (χ4v) is 4.95. The average molecular weight is 453 g/mol.